The fourth-order valence-corrected chi connectivity index (χ4v) is 3.19. The Morgan fingerprint density at radius 3 is 2.55 bits per heavy atom. The molecule has 1 aromatic heterocycles. The van der Waals surface area contributed by atoms with Gasteiger partial charge in [0.2, 0.25) is 0 Å². The zero-order valence-corrected chi connectivity index (χ0v) is 17.7. The number of nitrogens with one attached hydrogen (secondary N) is 1. The lowest BCUT2D eigenvalue weighted by molar-refractivity contribution is -0.145. The first-order valence-corrected chi connectivity index (χ1v) is 10.1. The summed E-state index contributed by atoms with van der Waals surface area (Å²) in [5, 5.41) is 24.2. The van der Waals surface area contributed by atoms with Gasteiger partial charge in [-0.3, -0.25) is 4.79 Å². The van der Waals surface area contributed by atoms with E-state index in [1.54, 1.807) is 12.1 Å². The lowest BCUT2D eigenvalue weighted by Crippen LogP contribution is -2.45. The predicted molar refractivity (Wildman–Crippen MR) is 118 cm³/mol. The van der Waals surface area contributed by atoms with E-state index >= 15 is 0 Å². The second kappa shape index (κ2) is 10.4. The molecule has 3 aromatic rings. The first kappa shape index (κ1) is 23.5. The number of nitrogens with zero attached hydrogens (tertiary/aromatic N) is 2. The summed E-state index contributed by atoms with van der Waals surface area (Å²) in [5.74, 6) is -3.14. The van der Waals surface area contributed by atoms with E-state index in [1.807, 2.05) is 43.3 Å². The Bertz CT molecular complexity index is 1160. The summed E-state index contributed by atoms with van der Waals surface area (Å²) >= 11 is 0. The lowest BCUT2D eigenvalue weighted by atomic mass is 9.94. The molecule has 2 atom stereocenters. The van der Waals surface area contributed by atoms with Gasteiger partial charge in [0.15, 0.2) is 11.7 Å². The normalized spacial score (nSPS) is 13.3. The van der Waals surface area contributed by atoms with Crippen molar-refractivity contribution in [2.75, 3.05) is 0 Å². The Hall–Kier alpha value is -4.21. The molecule has 2 unspecified atom stereocenters. The van der Waals surface area contributed by atoms with Crippen LogP contribution in [0.4, 0.5) is 4.39 Å². The molecular formula is C23H23FN4O5. The van der Waals surface area contributed by atoms with E-state index in [4.69, 9.17) is 20.5 Å². The number of carboxylic acids is 2. The van der Waals surface area contributed by atoms with E-state index in [0.717, 1.165) is 11.1 Å². The first-order valence-electron chi connectivity index (χ1n) is 10.1. The third-order valence-electron chi connectivity index (χ3n) is 5.00. The zero-order valence-electron chi connectivity index (χ0n) is 17.7. The molecule has 0 spiro atoms. The monoisotopic (exact) mass is 454 g/mol. The zero-order chi connectivity index (χ0) is 24.0. The molecule has 0 aliphatic rings. The fraction of sp³-hybridized carbons (Fsp3) is 0.217. The summed E-state index contributed by atoms with van der Waals surface area (Å²) in [6.45, 7) is 1.82. The van der Waals surface area contributed by atoms with Crippen LogP contribution in [-0.2, 0) is 16.1 Å². The summed E-state index contributed by atoms with van der Waals surface area (Å²) in [4.78, 5) is 25.8. The second-order valence-corrected chi connectivity index (χ2v) is 7.38. The minimum absolute atomic E-state index is 0.0424. The quantitative estimate of drug-likeness (QED) is 0.285. The molecule has 0 saturated carbocycles. The fourth-order valence-electron chi connectivity index (χ4n) is 3.19. The number of hydrogen-bond donors (Lipinski definition) is 4. The number of benzene rings is 2. The van der Waals surface area contributed by atoms with Gasteiger partial charge in [-0.15, -0.1) is 0 Å². The van der Waals surface area contributed by atoms with E-state index in [1.165, 1.54) is 6.07 Å². The number of hydrogen-bond acceptors (Lipinski definition) is 5. The van der Waals surface area contributed by atoms with Crippen LogP contribution in [0.2, 0.25) is 0 Å². The summed E-state index contributed by atoms with van der Waals surface area (Å²) < 4.78 is 20.0. The predicted octanol–water partition coefficient (Wildman–Crippen LogP) is 2.96. The molecule has 1 heterocycles. The van der Waals surface area contributed by atoms with Gasteiger partial charge in [-0.1, -0.05) is 54.5 Å². The van der Waals surface area contributed by atoms with Crippen LogP contribution in [-0.4, -0.2) is 39.3 Å². The molecule has 2 aromatic carbocycles. The van der Waals surface area contributed by atoms with Crippen molar-refractivity contribution < 1.29 is 28.7 Å². The number of rotatable bonds is 9. The Kier molecular flexibility index (Phi) is 7.39. The van der Waals surface area contributed by atoms with Crippen LogP contribution in [0.1, 0.15) is 36.3 Å². The summed E-state index contributed by atoms with van der Waals surface area (Å²) in [6.07, 6.45) is -0.658. The van der Waals surface area contributed by atoms with Crippen LogP contribution >= 0.6 is 0 Å². The molecule has 0 aliphatic carbocycles. The molecule has 3 rings (SSSR count). The van der Waals surface area contributed by atoms with Crippen LogP contribution in [0.5, 0.6) is 0 Å². The summed E-state index contributed by atoms with van der Waals surface area (Å²) in [7, 11) is 0. The van der Waals surface area contributed by atoms with Crippen molar-refractivity contribution in [3.63, 3.8) is 0 Å². The number of carboxylic acid groups (broad SMARTS) is 2. The van der Waals surface area contributed by atoms with E-state index in [-0.39, 0.29) is 24.2 Å². The van der Waals surface area contributed by atoms with Crippen molar-refractivity contribution in [2.45, 2.75) is 31.8 Å². The van der Waals surface area contributed by atoms with Gasteiger partial charge in [0, 0.05) is 17.5 Å². The van der Waals surface area contributed by atoms with Gasteiger partial charge in [-0.05, 0) is 17.2 Å². The highest BCUT2D eigenvalue weighted by Gasteiger charge is 2.21. The number of nitrogens with two attached hydrogens (primary N) is 1. The van der Waals surface area contributed by atoms with Crippen molar-refractivity contribution >= 4 is 17.9 Å². The number of carbonyl (C=O) groups is 2. The molecule has 9 nitrogen and oxygen atoms in total. The lowest BCUT2D eigenvalue weighted by Gasteiger charge is -2.12. The van der Waals surface area contributed by atoms with Crippen molar-refractivity contribution in [1.82, 2.24) is 10.5 Å². The maximum Gasteiger partial charge on any atom is 0.326 e. The molecular weight excluding hydrogens is 431 g/mol. The van der Waals surface area contributed by atoms with E-state index in [2.05, 4.69) is 15.5 Å². The second-order valence-electron chi connectivity index (χ2n) is 7.38. The summed E-state index contributed by atoms with van der Waals surface area (Å²) in [6, 6.07) is 14.5. The van der Waals surface area contributed by atoms with Crippen molar-refractivity contribution in [3.05, 3.63) is 77.4 Å². The van der Waals surface area contributed by atoms with E-state index < -0.39 is 24.4 Å². The number of aliphatic imine (C=N–C) groups is 1. The third-order valence-corrected chi connectivity index (χ3v) is 5.00. The number of aromatic nitrogens is 1. The van der Waals surface area contributed by atoms with Crippen molar-refractivity contribution in [3.8, 4) is 11.1 Å². The highest BCUT2D eigenvalue weighted by atomic mass is 19.1. The molecule has 0 aliphatic heterocycles. The summed E-state index contributed by atoms with van der Waals surface area (Å²) in [5.41, 5.74) is 8.23. The highest BCUT2D eigenvalue weighted by molar-refractivity contribution is 5.87. The SMILES string of the molecule is CC(c1ccc(-c2ccccc2)c(F)c1)c1cc(CN=C(N)NC(CC(=O)O)C(=O)O)on1. The molecule has 10 heteroatoms. The molecule has 5 N–H and O–H groups in total. The number of guanidine groups is 1. The molecule has 33 heavy (non-hydrogen) atoms. The van der Waals surface area contributed by atoms with Gasteiger partial charge in [0.05, 0.1) is 12.1 Å². The number of aliphatic carboxylic acids is 2. The minimum Gasteiger partial charge on any atom is -0.481 e. The van der Waals surface area contributed by atoms with Crippen LogP contribution in [0, 0.1) is 5.82 Å². The average molecular weight is 454 g/mol. The maximum atomic E-state index is 14.7. The average Bonchev–Trinajstić information content (AvgIpc) is 3.26. The van der Waals surface area contributed by atoms with E-state index in [0.29, 0.717) is 17.0 Å². The molecule has 0 bridgehead atoms. The topological polar surface area (TPSA) is 151 Å². The Morgan fingerprint density at radius 2 is 1.91 bits per heavy atom. The third kappa shape index (κ3) is 6.16. The van der Waals surface area contributed by atoms with E-state index in [9.17, 15) is 14.0 Å². The van der Waals surface area contributed by atoms with Gasteiger partial charge >= 0.3 is 11.9 Å². The van der Waals surface area contributed by atoms with Gasteiger partial charge in [0.1, 0.15) is 18.4 Å². The maximum absolute atomic E-state index is 14.7. The Balaban J connectivity index is 1.67. The van der Waals surface area contributed by atoms with Crippen LogP contribution in [0.15, 0.2) is 64.1 Å². The van der Waals surface area contributed by atoms with Crippen molar-refractivity contribution in [1.29, 1.82) is 0 Å². The van der Waals surface area contributed by atoms with Gasteiger partial charge < -0.3 is 25.8 Å². The smallest absolute Gasteiger partial charge is 0.326 e. The van der Waals surface area contributed by atoms with Gasteiger partial charge in [-0.2, -0.15) is 0 Å². The molecule has 0 saturated heterocycles. The van der Waals surface area contributed by atoms with Crippen molar-refractivity contribution in [2.24, 2.45) is 10.7 Å². The van der Waals surface area contributed by atoms with Crippen LogP contribution in [0.25, 0.3) is 11.1 Å². The minimum atomic E-state index is -1.41. The highest BCUT2D eigenvalue weighted by Crippen LogP contribution is 2.29. The molecule has 0 fully saturated rings. The Morgan fingerprint density at radius 1 is 1.18 bits per heavy atom. The van der Waals surface area contributed by atoms with Crippen LogP contribution < -0.4 is 11.1 Å². The Labute approximate surface area is 188 Å². The number of halogens is 1. The van der Waals surface area contributed by atoms with Gasteiger partial charge in [0.25, 0.3) is 0 Å². The first-order chi connectivity index (χ1) is 15.7. The largest absolute Gasteiger partial charge is 0.481 e. The molecule has 172 valence electrons. The molecule has 0 amide bonds. The molecule has 0 radical (unpaired) electrons. The standard InChI is InChI=1S/C23H23FN4O5/c1-13(15-7-8-17(18(24)9-15)14-5-3-2-4-6-14)19-10-16(33-28-19)12-26-23(25)27-20(22(31)32)11-21(29)30/h2-10,13,20H,11-12H2,1H3,(H,29,30)(H,31,32)(H3,25,26,27). The van der Waals surface area contributed by atoms with Crippen LogP contribution in [0.3, 0.4) is 0 Å². The van der Waals surface area contributed by atoms with Gasteiger partial charge in [-0.25, -0.2) is 14.2 Å².